The zero-order valence-electron chi connectivity index (χ0n) is 14.5. The fraction of sp³-hybridized carbons (Fsp3) is 0.474. The molecule has 2 bridgehead atoms. The minimum absolute atomic E-state index is 0.0458. The molecule has 4 rings (SSSR count). The van der Waals surface area contributed by atoms with Gasteiger partial charge in [0.05, 0.1) is 11.1 Å². The van der Waals surface area contributed by atoms with E-state index in [9.17, 15) is 13.6 Å². The van der Waals surface area contributed by atoms with Gasteiger partial charge in [-0.25, -0.2) is 8.78 Å². The second kappa shape index (κ2) is 5.13. The first kappa shape index (κ1) is 16.2. The number of aromatic nitrogens is 2. The van der Waals surface area contributed by atoms with Crippen molar-refractivity contribution in [2.75, 3.05) is 0 Å². The van der Waals surface area contributed by atoms with E-state index in [1.165, 1.54) is 16.4 Å². The Hall–Kier alpha value is -2.24. The molecule has 2 aromatic rings. The Bertz CT molecular complexity index is 858. The van der Waals surface area contributed by atoms with Crippen LogP contribution in [-0.4, -0.2) is 15.7 Å². The Morgan fingerprint density at radius 2 is 2.08 bits per heavy atom. The lowest BCUT2D eigenvalue weighted by Gasteiger charge is -2.39. The number of amides is 1. The van der Waals surface area contributed by atoms with Crippen LogP contribution in [0.1, 0.15) is 66.2 Å². The van der Waals surface area contributed by atoms with Crippen molar-refractivity contribution in [3.05, 3.63) is 52.8 Å². The third kappa shape index (κ3) is 2.03. The molecule has 25 heavy (non-hydrogen) atoms. The average Bonchev–Trinajstić information content (AvgIpc) is 3.12. The summed E-state index contributed by atoms with van der Waals surface area (Å²) in [7, 11) is 1.54. The highest BCUT2D eigenvalue weighted by atomic mass is 19.3. The molecule has 1 saturated carbocycles. The minimum atomic E-state index is -2.78. The number of carbonyl (C=O) groups is 1. The Labute approximate surface area is 145 Å². The zero-order chi connectivity index (χ0) is 18.0. The first-order valence-electron chi connectivity index (χ1n) is 8.51. The average molecular weight is 345 g/mol. The van der Waals surface area contributed by atoms with Gasteiger partial charge in [-0.3, -0.25) is 9.48 Å². The standard InChI is InChI=1S/C19H21F2N3O/c1-18(2)13-8-9-19(18,14-7-5-4-6-11(13)14)22-17(25)12-10-24(3)23-15(12)16(20)21/h4-7,10,13,16H,8-9H2,1-3H3,(H,22,25)/t13?,19-/m1/s1. The number of carbonyl (C=O) groups excluding carboxylic acids is 1. The lowest BCUT2D eigenvalue weighted by Crippen LogP contribution is -2.51. The molecule has 1 unspecified atom stereocenters. The number of hydrogen-bond acceptors (Lipinski definition) is 2. The van der Waals surface area contributed by atoms with Gasteiger partial charge in [-0.1, -0.05) is 38.1 Å². The van der Waals surface area contributed by atoms with E-state index >= 15 is 0 Å². The van der Waals surface area contributed by atoms with Gasteiger partial charge >= 0.3 is 0 Å². The summed E-state index contributed by atoms with van der Waals surface area (Å²) in [6.45, 7) is 4.31. The summed E-state index contributed by atoms with van der Waals surface area (Å²) in [6.07, 6.45) is 0.393. The molecule has 4 nitrogen and oxygen atoms in total. The molecule has 1 amide bonds. The van der Waals surface area contributed by atoms with E-state index in [2.05, 4.69) is 30.3 Å². The fourth-order valence-corrected chi connectivity index (χ4v) is 4.95. The van der Waals surface area contributed by atoms with Crippen LogP contribution in [0.15, 0.2) is 30.5 Å². The molecule has 2 aliphatic carbocycles. The molecule has 1 N–H and O–H groups in total. The summed E-state index contributed by atoms with van der Waals surface area (Å²) < 4.78 is 27.7. The number of benzene rings is 1. The number of fused-ring (bicyclic) bond motifs is 5. The Balaban J connectivity index is 1.77. The van der Waals surface area contributed by atoms with Crippen molar-refractivity contribution in [1.29, 1.82) is 0 Å². The van der Waals surface area contributed by atoms with Gasteiger partial charge in [0.1, 0.15) is 5.69 Å². The van der Waals surface area contributed by atoms with E-state index in [0.29, 0.717) is 5.92 Å². The highest BCUT2D eigenvalue weighted by molar-refractivity contribution is 5.96. The highest BCUT2D eigenvalue weighted by Crippen LogP contribution is 2.66. The van der Waals surface area contributed by atoms with Gasteiger partial charge in [0.2, 0.25) is 0 Å². The van der Waals surface area contributed by atoms with Gasteiger partial charge in [-0.05, 0) is 35.3 Å². The van der Waals surface area contributed by atoms with Gasteiger partial charge in [-0.15, -0.1) is 0 Å². The van der Waals surface area contributed by atoms with Crippen LogP contribution >= 0.6 is 0 Å². The van der Waals surface area contributed by atoms with Crippen LogP contribution in [-0.2, 0) is 12.6 Å². The maximum absolute atomic E-state index is 13.2. The van der Waals surface area contributed by atoms with Gasteiger partial charge in [0.15, 0.2) is 0 Å². The number of alkyl halides is 2. The number of rotatable bonds is 3. The van der Waals surface area contributed by atoms with Crippen molar-refractivity contribution in [3.63, 3.8) is 0 Å². The molecule has 6 heteroatoms. The molecule has 0 saturated heterocycles. The van der Waals surface area contributed by atoms with Crippen LogP contribution in [0.2, 0.25) is 0 Å². The van der Waals surface area contributed by atoms with Crippen molar-refractivity contribution in [1.82, 2.24) is 15.1 Å². The number of nitrogens with one attached hydrogen (secondary N) is 1. The second-order valence-electron chi connectivity index (χ2n) is 7.66. The zero-order valence-corrected chi connectivity index (χ0v) is 14.5. The van der Waals surface area contributed by atoms with E-state index in [-0.39, 0.29) is 11.0 Å². The first-order chi connectivity index (χ1) is 11.8. The predicted octanol–water partition coefficient (Wildman–Crippen LogP) is 3.90. The maximum atomic E-state index is 13.2. The van der Waals surface area contributed by atoms with E-state index < -0.39 is 23.6 Å². The molecule has 0 aliphatic heterocycles. The molecule has 2 atom stereocenters. The Kier molecular flexibility index (Phi) is 3.33. The van der Waals surface area contributed by atoms with Crippen LogP contribution in [0.4, 0.5) is 8.78 Å². The van der Waals surface area contributed by atoms with Crippen LogP contribution < -0.4 is 5.32 Å². The lowest BCUT2D eigenvalue weighted by atomic mass is 9.74. The smallest absolute Gasteiger partial charge is 0.282 e. The molecule has 0 spiro atoms. The van der Waals surface area contributed by atoms with Crippen molar-refractivity contribution >= 4 is 5.91 Å². The summed E-state index contributed by atoms with van der Waals surface area (Å²) in [5.41, 5.74) is 1.18. The summed E-state index contributed by atoms with van der Waals surface area (Å²) in [6, 6.07) is 8.15. The third-order valence-electron chi connectivity index (χ3n) is 6.21. The van der Waals surface area contributed by atoms with E-state index in [1.54, 1.807) is 7.05 Å². The number of aryl methyl sites for hydroxylation is 1. The van der Waals surface area contributed by atoms with E-state index in [1.807, 2.05) is 18.2 Å². The summed E-state index contributed by atoms with van der Waals surface area (Å²) in [5, 5.41) is 6.88. The van der Waals surface area contributed by atoms with Crippen LogP contribution in [0.5, 0.6) is 0 Å². The largest absolute Gasteiger partial charge is 0.342 e. The highest BCUT2D eigenvalue weighted by Gasteiger charge is 2.62. The number of halogens is 2. The molecule has 1 aromatic carbocycles. The van der Waals surface area contributed by atoms with Crippen molar-refractivity contribution in [2.24, 2.45) is 12.5 Å². The summed E-state index contributed by atoms with van der Waals surface area (Å²) >= 11 is 0. The minimum Gasteiger partial charge on any atom is -0.342 e. The molecule has 0 radical (unpaired) electrons. The van der Waals surface area contributed by atoms with Gasteiger partial charge < -0.3 is 5.32 Å². The molecule has 1 fully saturated rings. The molecular formula is C19H21F2N3O. The van der Waals surface area contributed by atoms with Crippen LogP contribution in [0.25, 0.3) is 0 Å². The van der Waals surface area contributed by atoms with Crippen molar-refractivity contribution < 1.29 is 13.6 Å². The molecular weight excluding hydrogens is 324 g/mol. The van der Waals surface area contributed by atoms with E-state index in [0.717, 1.165) is 18.4 Å². The lowest BCUT2D eigenvalue weighted by molar-refractivity contribution is 0.0797. The quantitative estimate of drug-likeness (QED) is 0.917. The van der Waals surface area contributed by atoms with Gasteiger partial charge in [-0.2, -0.15) is 5.10 Å². The van der Waals surface area contributed by atoms with Crippen molar-refractivity contribution in [3.8, 4) is 0 Å². The number of hydrogen-bond donors (Lipinski definition) is 1. The normalized spacial score (nSPS) is 26.1. The monoisotopic (exact) mass is 345 g/mol. The molecule has 2 aliphatic rings. The molecule has 132 valence electrons. The summed E-state index contributed by atoms with van der Waals surface area (Å²) in [5.74, 6) is -0.110. The Morgan fingerprint density at radius 3 is 2.80 bits per heavy atom. The molecule has 1 heterocycles. The Morgan fingerprint density at radius 1 is 1.36 bits per heavy atom. The topological polar surface area (TPSA) is 46.9 Å². The maximum Gasteiger partial charge on any atom is 0.282 e. The predicted molar refractivity (Wildman–Crippen MR) is 89.5 cm³/mol. The van der Waals surface area contributed by atoms with E-state index in [4.69, 9.17) is 0 Å². The van der Waals surface area contributed by atoms with Crippen LogP contribution in [0.3, 0.4) is 0 Å². The third-order valence-corrected chi connectivity index (χ3v) is 6.21. The second-order valence-corrected chi connectivity index (χ2v) is 7.66. The SMILES string of the molecule is Cn1cc(C(=O)N[C@]23CCC(c4ccccc42)C3(C)C)c(C(F)F)n1. The van der Waals surface area contributed by atoms with Crippen molar-refractivity contribution in [2.45, 2.75) is 44.6 Å². The summed E-state index contributed by atoms with van der Waals surface area (Å²) in [4.78, 5) is 12.9. The first-order valence-corrected chi connectivity index (χ1v) is 8.51. The van der Waals surface area contributed by atoms with Crippen LogP contribution in [0, 0.1) is 5.41 Å². The fourth-order valence-electron chi connectivity index (χ4n) is 4.95. The van der Waals surface area contributed by atoms with Gasteiger partial charge in [0, 0.05) is 13.2 Å². The number of nitrogens with zero attached hydrogens (tertiary/aromatic N) is 2. The molecule has 1 aromatic heterocycles. The van der Waals surface area contributed by atoms with Gasteiger partial charge in [0.25, 0.3) is 12.3 Å².